The number of pyridine rings is 1. The van der Waals surface area contributed by atoms with Gasteiger partial charge in [0, 0.05) is 45.0 Å². The van der Waals surface area contributed by atoms with Crippen molar-refractivity contribution in [2.24, 2.45) is 0 Å². The van der Waals surface area contributed by atoms with E-state index in [1.165, 1.54) is 5.56 Å². The summed E-state index contributed by atoms with van der Waals surface area (Å²) in [6.07, 6.45) is 1.88. The number of nitrogens with one attached hydrogen (secondary N) is 1. The second kappa shape index (κ2) is 7.08. The lowest BCUT2D eigenvalue weighted by Gasteiger charge is -2.20. The first kappa shape index (κ1) is 15.9. The van der Waals surface area contributed by atoms with Crippen LogP contribution in [0, 0.1) is 0 Å². The number of anilines is 1. The summed E-state index contributed by atoms with van der Waals surface area (Å²) in [5.74, 6) is 0.904. The second-order valence-electron chi connectivity index (χ2n) is 5.81. The van der Waals surface area contributed by atoms with Gasteiger partial charge in [0.05, 0.1) is 18.0 Å². The summed E-state index contributed by atoms with van der Waals surface area (Å²) in [4.78, 5) is 6.71. The Kier molecular flexibility index (Phi) is 4.90. The Balaban J connectivity index is 1.76. The van der Waals surface area contributed by atoms with E-state index in [4.69, 9.17) is 5.11 Å². The molecule has 0 bridgehead atoms. The fourth-order valence-corrected chi connectivity index (χ4v) is 2.97. The van der Waals surface area contributed by atoms with Crippen LogP contribution in [0.1, 0.15) is 29.5 Å². The van der Waals surface area contributed by atoms with Crippen LogP contribution in [0.15, 0.2) is 24.4 Å². The molecule has 2 aromatic heterocycles. The van der Waals surface area contributed by atoms with Crippen LogP contribution in [0.2, 0.25) is 0 Å². The summed E-state index contributed by atoms with van der Waals surface area (Å²) in [7, 11) is 1.88. The van der Waals surface area contributed by atoms with Crippen molar-refractivity contribution in [1.82, 2.24) is 19.7 Å². The minimum atomic E-state index is -0.905. The zero-order valence-electron chi connectivity index (χ0n) is 13.3. The number of aryl methyl sites for hydroxylation is 1. The smallest absolute Gasteiger partial charge is 0.130 e. The first-order valence-corrected chi connectivity index (χ1v) is 7.91. The molecule has 124 valence electrons. The molecule has 0 saturated carbocycles. The summed E-state index contributed by atoms with van der Waals surface area (Å²) < 4.78 is 1.94. The van der Waals surface area contributed by atoms with Gasteiger partial charge in [0.2, 0.25) is 0 Å². The first-order valence-electron chi connectivity index (χ1n) is 7.91. The van der Waals surface area contributed by atoms with E-state index in [0.717, 1.165) is 44.1 Å². The molecule has 0 unspecified atom stereocenters. The Morgan fingerprint density at radius 2 is 2.26 bits per heavy atom. The monoisotopic (exact) mass is 317 g/mol. The van der Waals surface area contributed by atoms with E-state index in [1.807, 2.05) is 23.9 Å². The predicted octanol–water partition coefficient (Wildman–Crippen LogP) is 0.751. The molecule has 1 aliphatic rings. The van der Waals surface area contributed by atoms with Crippen LogP contribution in [0.3, 0.4) is 0 Å². The number of aromatic nitrogens is 3. The van der Waals surface area contributed by atoms with Gasteiger partial charge in [-0.3, -0.25) is 9.58 Å². The highest BCUT2D eigenvalue weighted by molar-refractivity contribution is 5.42. The van der Waals surface area contributed by atoms with E-state index in [1.54, 1.807) is 6.20 Å². The molecule has 1 atom stereocenters. The molecular weight excluding hydrogens is 294 g/mol. The van der Waals surface area contributed by atoms with Crippen LogP contribution < -0.4 is 5.32 Å². The van der Waals surface area contributed by atoms with E-state index in [2.05, 4.69) is 26.4 Å². The quantitative estimate of drug-likeness (QED) is 0.754. The third kappa shape index (κ3) is 3.52. The lowest BCUT2D eigenvalue weighted by atomic mass is 10.2. The molecule has 7 nitrogen and oxygen atoms in total. The van der Waals surface area contributed by atoms with Crippen molar-refractivity contribution in [3.05, 3.63) is 41.3 Å². The molecule has 0 aliphatic carbocycles. The molecule has 2 aromatic rings. The van der Waals surface area contributed by atoms with Gasteiger partial charge in [-0.15, -0.1) is 0 Å². The third-order valence-corrected chi connectivity index (χ3v) is 4.15. The molecule has 3 rings (SSSR count). The van der Waals surface area contributed by atoms with Crippen LogP contribution in [-0.2, 0) is 19.6 Å². The highest BCUT2D eigenvalue weighted by Crippen LogP contribution is 2.21. The molecule has 0 radical (unpaired) electrons. The number of nitrogens with zero attached hydrogens (tertiary/aromatic N) is 4. The Labute approximate surface area is 135 Å². The fourth-order valence-electron chi connectivity index (χ4n) is 2.97. The van der Waals surface area contributed by atoms with Crippen LogP contribution in [-0.4, -0.2) is 50.1 Å². The zero-order chi connectivity index (χ0) is 16.2. The van der Waals surface area contributed by atoms with Gasteiger partial charge in [0.25, 0.3) is 0 Å². The third-order valence-electron chi connectivity index (χ3n) is 4.15. The topological polar surface area (TPSA) is 86.4 Å². The molecule has 0 fully saturated rings. The average Bonchev–Trinajstić information content (AvgIpc) is 2.88. The molecule has 1 aliphatic heterocycles. The van der Waals surface area contributed by atoms with E-state index in [-0.39, 0.29) is 6.61 Å². The van der Waals surface area contributed by atoms with Crippen molar-refractivity contribution >= 4 is 5.82 Å². The maximum atomic E-state index is 9.76. The van der Waals surface area contributed by atoms with Gasteiger partial charge in [-0.25, -0.2) is 4.98 Å². The standard InChI is InChI=1S/C16H23N5O2/c1-17-16-12(4-2-5-18-16)9-20-6-3-7-21-13(10-20)8-14(19-21)15(23)11-22/h2,4-5,8,15,22-23H,3,6-7,9-11H2,1H3,(H,17,18)/t15-/m1/s1. The maximum Gasteiger partial charge on any atom is 0.130 e. The highest BCUT2D eigenvalue weighted by atomic mass is 16.3. The molecule has 23 heavy (non-hydrogen) atoms. The molecular formula is C16H23N5O2. The molecule has 0 saturated heterocycles. The van der Waals surface area contributed by atoms with Gasteiger partial charge in [-0.1, -0.05) is 6.07 Å². The number of aliphatic hydroxyl groups excluding tert-OH is 2. The lowest BCUT2D eigenvalue weighted by Crippen LogP contribution is -2.23. The van der Waals surface area contributed by atoms with Gasteiger partial charge in [-0.2, -0.15) is 5.10 Å². The number of aliphatic hydroxyl groups is 2. The van der Waals surface area contributed by atoms with E-state index >= 15 is 0 Å². The highest BCUT2D eigenvalue weighted by Gasteiger charge is 2.20. The first-order chi connectivity index (χ1) is 11.2. The summed E-state index contributed by atoms with van der Waals surface area (Å²) in [5, 5.41) is 26.4. The van der Waals surface area contributed by atoms with Gasteiger partial charge >= 0.3 is 0 Å². The zero-order valence-corrected chi connectivity index (χ0v) is 13.3. The molecule has 7 heteroatoms. The van der Waals surface area contributed by atoms with Crippen molar-refractivity contribution < 1.29 is 10.2 Å². The Bertz CT molecular complexity index is 658. The Morgan fingerprint density at radius 1 is 1.39 bits per heavy atom. The number of fused-ring (bicyclic) bond motifs is 1. The van der Waals surface area contributed by atoms with Crippen molar-refractivity contribution in [2.75, 3.05) is 25.5 Å². The van der Waals surface area contributed by atoms with Crippen molar-refractivity contribution in [2.45, 2.75) is 32.2 Å². The number of hydrogen-bond donors (Lipinski definition) is 3. The van der Waals surface area contributed by atoms with Crippen molar-refractivity contribution in [1.29, 1.82) is 0 Å². The van der Waals surface area contributed by atoms with Crippen molar-refractivity contribution in [3.63, 3.8) is 0 Å². The number of hydrogen-bond acceptors (Lipinski definition) is 6. The Hall–Kier alpha value is -1.96. The molecule has 3 N–H and O–H groups in total. The van der Waals surface area contributed by atoms with E-state index in [9.17, 15) is 5.11 Å². The molecule has 0 aromatic carbocycles. The average molecular weight is 317 g/mol. The van der Waals surface area contributed by atoms with Crippen LogP contribution >= 0.6 is 0 Å². The summed E-state index contributed by atoms with van der Waals surface area (Å²) in [5.41, 5.74) is 2.78. The minimum absolute atomic E-state index is 0.304. The molecule has 3 heterocycles. The van der Waals surface area contributed by atoms with E-state index < -0.39 is 6.10 Å². The predicted molar refractivity (Wildman–Crippen MR) is 86.8 cm³/mol. The number of rotatable bonds is 5. The van der Waals surface area contributed by atoms with Gasteiger partial charge in [0.1, 0.15) is 11.9 Å². The maximum absolute atomic E-state index is 9.76. The molecule has 0 amide bonds. The normalized spacial score (nSPS) is 16.7. The van der Waals surface area contributed by atoms with Crippen molar-refractivity contribution in [3.8, 4) is 0 Å². The molecule has 0 spiro atoms. The lowest BCUT2D eigenvalue weighted by molar-refractivity contribution is 0.0916. The fraction of sp³-hybridized carbons (Fsp3) is 0.500. The van der Waals surface area contributed by atoms with Gasteiger partial charge in [-0.05, 0) is 18.6 Å². The summed E-state index contributed by atoms with van der Waals surface area (Å²) in [6.45, 7) is 3.09. The largest absolute Gasteiger partial charge is 0.393 e. The van der Waals surface area contributed by atoms with Gasteiger partial charge < -0.3 is 15.5 Å². The Morgan fingerprint density at radius 3 is 3.04 bits per heavy atom. The van der Waals surface area contributed by atoms with Crippen LogP contribution in [0.5, 0.6) is 0 Å². The van der Waals surface area contributed by atoms with Crippen LogP contribution in [0.4, 0.5) is 5.82 Å². The SMILES string of the molecule is CNc1ncccc1CN1CCCn2nc([C@H](O)CO)cc2C1. The van der Waals surface area contributed by atoms with Crippen LogP contribution in [0.25, 0.3) is 0 Å². The second-order valence-corrected chi connectivity index (χ2v) is 5.81. The summed E-state index contributed by atoms with van der Waals surface area (Å²) >= 11 is 0. The summed E-state index contributed by atoms with van der Waals surface area (Å²) in [6, 6.07) is 5.93. The van der Waals surface area contributed by atoms with E-state index in [0.29, 0.717) is 5.69 Å². The van der Waals surface area contributed by atoms with Gasteiger partial charge in [0.15, 0.2) is 0 Å². The minimum Gasteiger partial charge on any atom is -0.393 e.